The van der Waals surface area contributed by atoms with Gasteiger partial charge in [-0.3, -0.25) is 9.59 Å². The summed E-state index contributed by atoms with van der Waals surface area (Å²) in [5, 5.41) is 2.75. The fourth-order valence-electron chi connectivity index (χ4n) is 1.04. The van der Waals surface area contributed by atoms with Crippen molar-refractivity contribution < 1.29 is 9.59 Å². The SMILES string of the molecule is CCC(=O)CCCC(=O)NCCCN. The summed E-state index contributed by atoms with van der Waals surface area (Å²) in [5.74, 6) is 0.238. The van der Waals surface area contributed by atoms with Crippen LogP contribution in [0.25, 0.3) is 0 Å². The summed E-state index contributed by atoms with van der Waals surface area (Å²) in [6, 6.07) is 0. The normalized spacial score (nSPS) is 9.86. The highest BCUT2D eigenvalue weighted by Crippen LogP contribution is 1.98. The molecule has 0 saturated heterocycles. The molecule has 0 aliphatic carbocycles. The molecule has 1 amide bonds. The van der Waals surface area contributed by atoms with E-state index >= 15 is 0 Å². The quantitative estimate of drug-likeness (QED) is 0.564. The van der Waals surface area contributed by atoms with Gasteiger partial charge < -0.3 is 11.1 Å². The molecule has 3 N–H and O–H groups in total. The number of nitrogens with two attached hydrogens (primary N) is 1. The predicted molar refractivity (Wildman–Crippen MR) is 55.8 cm³/mol. The number of rotatable bonds is 8. The second-order valence-electron chi connectivity index (χ2n) is 3.24. The average molecular weight is 200 g/mol. The molecule has 0 radical (unpaired) electrons. The summed E-state index contributed by atoms with van der Waals surface area (Å²) >= 11 is 0. The number of amides is 1. The highest BCUT2D eigenvalue weighted by atomic mass is 16.1. The van der Waals surface area contributed by atoms with Crippen molar-refractivity contribution in [3.8, 4) is 0 Å². The fraction of sp³-hybridized carbons (Fsp3) is 0.800. The maximum atomic E-state index is 11.1. The van der Waals surface area contributed by atoms with Crippen LogP contribution in [0, 0.1) is 0 Å². The van der Waals surface area contributed by atoms with Gasteiger partial charge in [-0.15, -0.1) is 0 Å². The Morgan fingerprint density at radius 1 is 1.21 bits per heavy atom. The van der Waals surface area contributed by atoms with Crippen LogP contribution in [0.1, 0.15) is 39.0 Å². The van der Waals surface area contributed by atoms with Crippen molar-refractivity contribution in [2.45, 2.75) is 39.0 Å². The van der Waals surface area contributed by atoms with E-state index in [1.54, 1.807) is 0 Å². The van der Waals surface area contributed by atoms with Crippen LogP contribution in [0.15, 0.2) is 0 Å². The first-order chi connectivity index (χ1) is 6.70. The molecule has 0 atom stereocenters. The van der Waals surface area contributed by atoms with Gasteiger partial charge in [-0.05, 0) is 19.4 Å². The van der Waals surface area contributed by atoms with E-state index < -0.39 is 0 Å². The third-order valence-electron chi connectivity index (χ3n) is 1.96. The molecule has 0 aromatic heterocycles. The Labute approximate surface area is 85.2 Å². The summed E-state index contributed by atoms with van der Waals surface area (Å²) in [5.41, 5.74) is 5.28. The molecule has 4 nitrogen and oxygen atoms in total. The van der Waals surface area contributed by atoms with Gasteiger partial charge in [-0.25, -0.2) is 0 Å². The summed E-state index contributed by atoms with van der Waals surface area (Å²) in [6.07, 6.45) is 2.98. The first-order valence-electron chi connectivity index (χ1n) is 5.19. The zero-order valence-electron chi connectivity index (χ0n) is 8.84. The monoisotopic (exact) mass is 200 g/mol. The molecule has 0 bridgehead atoms. The lowest BCUT2D eigenvalue weighted by Gasteiger charge is -2.03. The summed E-state index contributed by atoms with van der Waals surface area (Å²) in [7, 11) is 0. The lowest BCUT2D eigenvalue weighted by Crippen LogP contribution is -2.25. The van der Waals surface area contributed by atoms with E-state index in [4.69, 9.17) is 5.73 Å². The van der Waals surface area contributed by atoms with Crippen LogP contribution in [0.4, 0.5) is 0 Å². The maximum Gasteiger partial charge on any atom is 0.220 e. The van der Waals surface area contributed by atoms with Crippen LogP contribution in [-0.4, -0.2) is 24.8 Å². The van der Waals surface area contributed by atoms with Gasteiger partial charge in [0.05, 0.1) is 0 Å². The Morgan fingerprint density at radius 2 is 1.93 bits per heavy atom. The second-order valence-corrected chi connectivity index (χ2v) is 3.24. The van der Waals surface area contributed by atoms with E-state index in [0.29, 0.717) is 38.8 Å². The number of carbonyl (C=O) groups excluding carboxylic acids is 2. The Hall–Kier alpha value is -0.900. The molecule has 0 aliphatic rings. The minimum atomic E-state index is 0.0161. The van der Waals surface area contributed by atoms with Gasteiger partial charge in [0, 0.05) is 25.8 Å². The van der Waals surface area contributed by atoms with Crippen LogP contribution < -0.4 is 11.1 Å². The van der Waals surface area contributed by atoms with Gasteiger partial charge >= 0.3 is 0 Å². The van der Waals surface area contributed by atoms with E-state index in [0.717, 1.165) is 6.42 Å². The molecule has 0 saturated carbocycles. The molecule has 0 aliphatic heterocycles. The number of hydrogen-bond donors (Lipinski definition) is 2. The number of carbonyl (C=O) groups is 2. The van der Waals surface area contributed by atoms with Crippen molar-refractivity contribution in [2.75, 3.05) is 13.1 Å². The molecule has 0 aromatic rings. The van der Waals surface area contributed by atoms with Crippen molar-refractivity contribution in [1.82, 2.24) is 5.32 Å². The molecule has 14 heavy (non-hydrogen) atoms. The van der Waals surface area contributed by atoms with Gasteiger partial charge in [0.1, 0.15) is 5.78 Å². The van der Waals surface area contributed by atoms with Crippen LogP contribution in [0.2, 0.25) is 0 Å². The van der Waals surface area contributed by atoms with Crippen LogP contribution >= 0.6 is 0 Å². The van der Waals surface area contributed by atoms with Crippen molar-refractivity contribution in [1.29, 1.82) is 0 Å². The number of ketones is 1. The molecule has 0 aromatic carbocycles. The molecular weight excluding hydrogens is 180 g/mol. The van der Waals surface area contributed by atoms with E-state index in [9.17, 15) is 9.59 Å². The van der Waals surface area contributed by atoms with Crippen molar-refractivity contribution in [2.24, 2.45) is 5.73 Å². The minimum absolute atomic E-state index is 0.0161. The molecule has 0 fully saturated rings. The smallest absolute Gasteiger partial charge is 0.220 e. The molecule has 4 heteroatoms. The molecule has 0 rings (SSSR count). The second kappa shape index (κ2) is 8.69. The van der Waals surface area contributed by atoms with Gasteiger partial charge in [-0.1, -0.05) is 6.92 Å². The van der Waals surface area contributed by atoms with Crippen molar-refractivity contribution in [3.63, 3.8) is 0 Å². The standard InChI is InChI=1S/C10H20N2O2/c1-2-9(13)5-3-6-10(14)12-8-4-7-11/h2-8,11H2,1H3,(H,12,14). The van der Waals surface area contributed by atoms with E-state index in [1.807, 2.05) is 6.92 Å². The zero-order valence-corrected chi connectivity index (χ0v) is 8.84. The first-order valence-corrected chi connectivity index (χ1v) is 5.19. The highest BCUT2D eigenvalue weighted by Gasteiger charge is 2.02. The number of Topliss-reactive ketones (excluding diaryl/α,β-unsaturated/α-hetero) is 1. The lowest BCUT2D eigenvalue weighted by molar-refractivity contribution is -0.121. The van der Waals surface area contributed by atoms with E-state index in [1.165, 1.54) is 0 Å². The third-order valence-corrected chi connectivity index (χ3v) is 1.96. The zero-order chi connectivity index (χ0) is 10.8. The number of hydrogen-bond acceptors (Lipinski definition) is 3. The van der Waals surface area contributed by atoms with Crippen LogP contribution in [-0.2, 0) is 9.59 Å². The average Bonchev–Trinajstić information content (AvgIpc) is 2.18. The van der Waals surface area contributed by atoms with Crippen molar-refractivity contribution >= 4 is 11.7 Å². The third kappa shape index (κ3) is 7.73. The van der Waals surface area contributed by atoms with Gasteiger partial charge in [0.2, 0.25) is 5.91 Å². The van der Waals surface area contributed by atoms with Crippen LogP contribution in [0.5, 0.6) is 0 Å². The Kier molecular flexibility index (Phi) is 8.13. The van der Waals surface area contributed by atoms with Gasteiger partial charge in [-0.2, -0.15) is 0 Å². The van der Waals surface area contributed by atoms with Gasteiger partial charge in [0.15, 0.2) is 0 Å². The molecule has 0 unspecified atom stereocenters. The summed E-state index contributed by atoms with van der Waals surface area (Å²) in [4.78, 5) is 22.0. The van der Waals surface area contributed by atoms with Crippen LogP contribution in [0.3, 0.4) is 0 Å². The molecular formula is C10H20N2O2. The van der Waals surface area contributed by atoms with E-state index in [-0.39, 0.29) is 11.7 Å². The summed E-state index contributed by atoms with van der Waals surface area (Å²) < 4.78 is 0. The van der Waals surface area contributed by atoms with E-state index in [2.05, 4.69) is 5.32 Å². The Bertz CT molecular complexity index is 181. The molecule has 0 spiro atoms. The number of nitrogens with one attached hydrogen (secondary N) is 1. The largest absolute Gasteiger partial charge is 0.356 e. The minimum Gasteiger partial charge on any atom is -0.356 e. The Morgan fingerprint density at radius 3 is 2.50 bits per heavy atom. The topological polar surface area (TPSA) is 72.2 Å². The Balaban J connectivity index is 3.31. The fourth-order valence-corrected chi connectivity index (χ4v) is 1.04. The maximum absolute atomic E-state index is 11.1. The van der Waals surface area contributed by atoms with Crippen molar-refractivity contribution in [3.05, 3.63) is 0 Å². The lowest BCUT2D eigenvalue weighted by atomic mass is 10.1. The first kappa shape index (κ1) is 13.1. The summed E-state index contributed by atoms with van der Waals surface area (Å²) in [6.45, 7) is 3.06. The predicted octanol–water partition coefficient (Wildman–Crippen LogP) is 0.601. The molecule has 0 heterocycles. The van der Waals surface area contributed by atoms with Gasteiger partial charge in [0.25, 0.3) is 0 Å². The highest BCUT2D eigenvalue weighted by molar-refractivity contribution is 5.79. The molecule has 82 valence electrons.